The molecule has 3 aromatic carbocycles. The van der Waals surface area contributed by atoms with Crippen molar-refractivity contribution >= 4 is 29.1 Å². The van der Waals surface area contributed by atoms with Gasteiger partial charge in [-0.3, -0.25) is 4.79 Å². The number of carbonyl (C=O) groups excluding carboxylic acids is 2. The van der Waals surface area contributed by atoms with Crippen molar-refractivity contribution in [2.24, 2.45) is 0 Å². The number of aromatic nitrogens is 2. The third-order valence-corrected chi connectivity index (χ3v) is 6.51. The number of imidazole rings is 1. The van der Waals surface area contributed by atoms with E-state index in [2.05, 4.69) is 10.3 Å². The fraction of sp³-hybridized carbons (Fsp3) is 0.129. The first-order valence-electron chi connectivity index (χ1n) is 12.4. The number of fused-ring (bicyclic) bond motifs is 1. The zero-order valence-corrected chi connectivity index (χ0v) is 22.0. The summed E-state index contributed by atoms with van der Waals surface area (Å²) in [5.41, 5.74) is 4.68. The number of ether oxygens (including phenoxy) is 2. The first-order valence-corrected chi connectivity index (χ1v) is 12.8. The maximum Gasteiger partial charge on any atom is 0.328 e. The smallest absolute Gasteiger partial charge is 0.328 e. The van der Waals surface area contributed by atoms with Crippen LogP contribution in [0.2, 0.25) is 5.02 Å². The minimum absolute atomic E-state index is 0.269. The van der Waals surface area contributed by atoms with E-state index in [0.717, 1.165) is 22.4 Å². The Balaban J connectivity index is 1.26. The molecule has 1 atom stereocenters. The van der Waals surface area contributed by atoms with Gasteiger partial charge >= 0.3 is 5.97 Å². The number of carbonyl (C=O) groups is 2. The largest absolute Gasteiger partial charge is 0.489 e. The van der Waals surface area contributed by atoms with Crippen molar-refractivity contribution in [3.8, 4) is 17.0 Å². The Morgan fingerprint density at radius 3 is 2.36 bits per heavy atom. The molecule has 8 heteroatoms. The number of hydrogen-bond acceptors (Lipinski definition) is 5. The summed E-state index contributed by atoms with van der Waals surface area (Å²) >= 11 is 5.99. The van der Waals surface area contributed by atoms with E-state index in [1.807, 2.05) is 72.9 Å². The Labute approximate surface area is 231 Å². The molecule has 196 valence electrons. The molecule has 7 nitrogen and oxygen atoms in total. The van der Waals surface area contributed by atoms with Crippen molar-refractivity contribution < 1.29 is 19.1 Å². The topological polar surface area (TPSA) is 81.9 Å². The van der Waals surface area contributed by atoms with Crippen LogP contribution in [0, 0.1) is 0 Å². The van der Waals surface area contributed by atoms with Gasteiger partial charge < -0.3 is 19.2 Å². The molecule has 0 saturated carbocycles. The van der Waals surface area contributed by atoms with Crippen LogP contribution < -0.4 is 10.1 Å². The fourth-order valence-electron chi connectivity index (χ4n) is 4.16. The highest BCUT2D eigenvalue weighted by molar-refractivity contribution is 6.30. The van der Waals surface area contributed by atoms with Gasteiger partial charge in [0.2, 0.25) is 0 Å². The van der Waals surface area contributed by atoms with Crippen molar-refractivity contribution in [2.75, 3.05) is 7.11 Å². The van der Waals surface area contributed by atoms with Crippen LogP contribution in [0.5, 0.6) is 5.75 Å². The lowest BCUT2D eigenvalue weighted by molar-refractivity contribution is -0.142. The minimum Gasteiger partial charge on any atom is -0.489 e. The van der Waals surface area contributed by atoms with Crippen molar-refractivity contribution in [3.05, 3.63) is 125 Å². The molecular weight excluding hydrogens is 514 g/mol. The van der Waals surface area contributed by atoms with E-state index >= 15 is 0 Å². The summed E-state index contributed by atoms with van der Waals surface area (Å²) in [5.74, 6) is -0.203. The van der Waals surface area contributed by atoms with Gasteiger partial charge in [0.05, 0.1) is 18.4 Å². The van der Waals surface area contributed by atoms with Gasteiger partial charge in [0.25, 0.3) is 5.91 Å². The van der Waals surface area contributed by atoms with E-state index in [-0.39, 0.29) is 6.42 Å². The Hall–Kier alpha value is -4.62. The van der Waals surface area contributed by atoms with Crippen LogP contribution in [0.25, 0.3) is 16.9 Å². The summed E-state index contributed by atoms with van der Waals surface area (Å²) < 4.78 is 12.6. The SMILES string of the molecule is COC(=O)C(Cc1ccc(OCc2ccccc2)cc1)NC(=O)c1ccc2nc(-c3ccc(Cl)cc3)cn2c1. The van der Waals surface area contributed by atoms with Crippen LogP contribution in [0.4, 0.5) is 0 Å². The highest BCUT2D eigenvalue weighted by Crippen LogP contribution is 2.22. The number of nitrogens with zero attached hydrogens (tertiary/aromatic N) is 2. The number of methoxy groups -OCH3 is 1. The van der Waals surface area contributed by atoms with Crippen LogP contribution in [0.1, 0.15) is 21.5 Å². The van der Waals surface area contributed by atoms with Gasteiger partial charge in [-0.15, -0.1) is 0 Å². The van der Waals surface area contributed by atoms with Crippen LogP contribution in [-0.4, -0.2) is 34.4 Å². The molecule has 0 bridgehead atoms. The molecule has 39 heavy (non-hydrogen) atoms. The number of pyridine rings is 1. The zero-order valence-electron chi connectivity index (χ0n) is 21.2. The molecule has 1 amide bonds. The van der Waals surface area contributed by atoms with Crippen LogP contribution in [0.15, 0.2) is 103 Å². The predicted octanol–water partition coefficient (Wildman–Crippen LogP) is 5.75. The number of benzene rings is 3. The maximum atomic E-state index is 13.1. The normalized spacial score (nSPS) is 11.6. The predicted molar refractivity (Wildman–Crippen MR) is 150 cm³/mol. The first kappa shape index (κ1) is 26.0. The molecule has 0 saturated heterocycles. The van der Waals surface area contributed by atoms with Gasteiger partial charge in [-0.25, -0.2) is 9.78 Å². The quantitative estimate of drug-likeness (QED) is 0.241. The Morgan fingerprint density at radius 1 is 0.897 bits per heavy atom. The third-order valence-electron chi connectivity index (χ3n) is 6.26. The van der Waals surface area contributed by atoms with Gasteiger partial charge in [-0.05, 0) is 47.5 Å². The van der Waals surface area contributed by atoms with Gasteiger partial charge in [-0.2, -0.15) is 0 Å². The van der Waals surface area contributed by atoms with E-state index in [1.54, 1.807) is 34.9 Å². The van der Waals surface area contributed by atoms with Gasteiger partial charge in [-0.1, -0.05) is 66.2 Å². The number of hydrogen-bond donors (Lipinski definition) is 1. The summed E-state index contributed by atoms with van der Waals surface area (Å²) in [6.45, 7) is 0.462. The molecule has 5 rings (SSSR count). The van der Waals surface area contributed by atoms with Gasteiger partial charge in [0, 0.05) is 29.4 Å². The third kappa shape index (κ3) is 6.45. The van der Waals surface area contributed by atoms with Crippen LogP contribution in [-0.2, 0) is 22.6 Å². The van der Waals surface area contributed by atoms with Gasteiger partial charge in [0.15, 0.2) is 0 Å². The van der Waals surface area contributed by atoms with E-state index < -0.39 is 17.9 Å². The van der Waals surface area contributed by atoms with E-state index in [0.29, 0.717) is 28.6 Å². The lowest BCUT2D eigenvalue weighted by Crippen LogP contribution is -2.43. The van der Waals surface area contributed by atoms with E-state index in [9.17, 15) is 9.59 Å². The highest BCUT2D eigenvalue weighted by atomic mass is 35.5. The molecule has 0 spiro atoms. The first-order chi connectivity index (χ1) is 19.0. The Bertz CT molecular complexity index is 1580. The fourth-order valence-corrected chi connectivity index (χ4v) is 4.29. The molecule has 2 heterocycles. The van der Waals surface area contributed by atoms with Crippen molar-refractivity contribution in [1.29, 1.82) is 0 Å². The molecule has 5 aromatic rings. The monoisotopic (exact) mass is 539 g/mol. The highest BCUT2D eigenvalue weighted by Gasteiger charge is 2.23. The lowest BCUT2D eigenvalue weighted by Gasteiger charge is -2.17. The molecular formula is C31H26ClN3O4. The van der Waals surface area contributed by atoms with Crippen LogP contribution in [0.3, 0.4) is 0 Å². The van der Waals surface area contributed by atoms with Crippen molar-refractivity contribution in [2.45, 2.75) is 19.1 Å². The summed E-state index contributed by atoms with van der Waals surface area (Å²) in [6, 6.07) is 27.3. The molecule has 0 radical (unpaired) electrons. The summed E-state index contributed by atoms with van der Waals surface area (Å²) in [5, 5.41) is 3.46. The number of halogens is 1. The number of rotatable bonds is 9. The minimum atomic E-state index is -0.860. The molecule has 1 N–H and O–H groups in total. The van der Waals surface area contributed by atoms with Gasteiger partial charge in [0.1, 0.15) is 24.0 Å². The van der Waals surface area contributed by atoms with Crippen molar-refractivity contribution in [3.63, 3.8) is 0 Å². The maximum absolute atomic E-state index is 13.1. The Kier molecular flexibility index (Phi) is 7.89. The lowest BCUT2D eigenvalue weighted by atomic mass is 10.1. The number of esters is 1. The average Bonchev–Trinajstić information content (AvgIpc) is 3.40. The average molecular weight is 540 g/mol. The molecule has 0 aliphatic rings. The number of amides is 1. The van der Waals surface area contributed by atoms with Crippen molar-refractivity contribution in [1.82, 2.24) is 14.7 Å². The van der Waals surface area contributed by atoms with E-state index in [1.165, 1.54) is 7.11 Å². The second-order valence-electron chi connectivity index (χ2n) is 8.99. The molecule has 0 aliphatic carbocycles. The van der Waals surface area contributed by atoms with Crippen LogP contribution >= 0.6 is 11.6 Å². The zero-order chi connectivity index (χ0) is 27.2. The summed E-state index contributed by atoms with van der Waals surface area (Å²) in [4.78, 5) is 30.2. The van der Waals surface area contributed by atoms with E-state index in [4.69, 9.17) is 21.1 Å². The molecule has 0 aliphatic heterocycles. The molecule has 2 aromatic heterocycles. The molecule has 0 fully saturated rings. The second kappa shape index (κ2) is 11.8. The summed E-state index contributed by atoms with van der Waals surface area (Å²) in [7, 11) is 1.30. The number of nitrogens with one attached hydrogen (secondary N) is 1. The standard InChI is InChI=1S/C31H26ClN3O4/c1-38-31(37)27(17-21-7-14-26(15-8-21)39-20-22-5-3-2-4-6-22)34-30(36)24-11-16-29-33-28(19-35(29)18-24)23-9-12-25(32)13-10-23/h2-16,18-19,27H,17,20H2,1H3,(H,34,36). The summed E-state index contributed by atoms with van der Waals surface area (Å²) in [6.07, 6.45) is 3.80. The molecule has 1 unspecified atom stereocenters. The Morgan fingerprint density at radius 2 is 1.64 bits per heavy atom. The second-order valence-corrected chi connectivity index (χ2v) is 9.42.